The van der Waals surface area contributed by atoms with Crippen molar-refractivity contribution < 1.29 is 18.9 Å². The molecule has 0 radical (unpaired) electrons. The lowest BCUT2D eigenvalue weighted by atomic mass is 9.78. The Hall–Kier alpha value is -2.77. The summed E-state index contributed by atoms with van der Waals surface area (Å²) in [5.74, 6) is 2.80. The van der Waals surface area contributed by atoms with Crippen LogP contribution in [0.5, 0.6) is 11.5 Å². The van der Waals surface area contributed by atoms with Crippen LogP contribution in [0.2, 0.25) is 0 Å². The van der Waals surface area contributed by atoms with Gasteiger partial charge in [-0.3, -0.25) is 4.99 Å². The summed E-state index contributed by atoms with van der Waals surface area (Å²) in [6.07, 6.45) is 2.86. The summed E-state index contributed by atoms with van der Waals surface area (Å²) in [7, 11) is 1.68. The standard InChI is InChI=1S/C25H33N3O4/c1-29-14-15-30-11-4-10-26-25(27-18-20-16-19-6-2-3-7-22(19)20)28-21-8-9-23-24(17-21)32-13-5-12-31-23/h2-3,6-9,17,20H,4-5,10-16,18H2,1H3,(H2,26,27,28). The van der Waals surface area contributed by atoms with Gasteiger partial charge < -0.3 is 29.6 Å². The SMILES string of the molecule is COCCOCCCNC(=NCC1Cc2ccccc21)Nc1ccc2c(c1)OCCCO2. The zero-order valence-corrected chi connectivity index (χ0v) is 18.8. The van der Waals surface area contributed by atoms with E-state index in [1.807, 2.05) is 18.2 Å². The molecule has 172 valence electrons. The number of aliphatic imine (C=N–C) groups is 1. The fraction of sp³-hybridized carbons (Fsp3) is 0.480. The Labute approximate surface area is 190 Å². The van der Waals surface area contributed by atoms with E-state index in [0.29, 0.717) is 39.0 Å². The fourth-order valence-corrected chi connectivity index (χ4v) is 3.87. The summed E-state index contributed by atoms with van der Waals surface area (Å²) in [6, 6.07) is 14.5. The molecule has 1 aliphatic carbocycles. The third kappa shape index (κ3) is 6.14. The first kappa shape index (κ1) is 22.4. The molecule has 7 nitrogen and oxygen atoms in total. The van der Waals surface area contributed by atoms with Crippen LogP contribution in [0.15, 0.2) is 47.5 Å². The summed E-state index contributed by atoms with van der Waals surface area (Å²) in [6.45, 7) is 4.79. The maximum Gasteiger partial charge on any atom is 0.195 e. The highest BCUT2D eigenvalue weighted by molar-refractivity contribution is 5.94. The molecule has 0 amide bonds. The number of hydrogen-bond acceptors (Lipinski definition) is 5. The molecule has 1 heterocycles. The van der Waals surface area contributed by atoms with E-state index in [1.54, 1.807) is 7.11 Å². The van der Waals surface area contributed by atoms with Gasteiger partial charge in [0.05, 0.1) is 26.4 Å². The van der Waals surface area contributed by atoms with Gasteiger partial charge in [0.2, 0.25) is 0 Å². The number of nitrogens with one attached hydrogen (secondary N) is 2. The Morgan fingerprint density at radius 2 is 1.94 bits per heavy atom. The number of methoxy groups -OCH3 is 1. The Balaban J connectivity index is 1.36. The highest BCUT2D eigenvalue weighted by atomic mass is 16.5. The van der Waals surface area contributed by atoms with E-state index in [2.05, 4.69) is 34.9 Å². The zero-order chi connectivity index (χ0) is 22.0. The molecule has 2 aromatic carbocycles. The number of ether oxygens (including phenoxy) is 4. The van der Waals surface area contributed by atoms with Crippen molar-refractivity contribution in [3.63, 3.8) is 0 Å². The van der Waals surface area contributed by atoms with E-state index >= 15 is 0 Å². The van der Waals surface area contributed by atoms with Crippen LogP contribution in [-0.4, -0.2) is 59.2 Å². The maximum atomic E-state index is 5.83. The molecule has 0 saturated heterocycles. The monoisotopic (exact) mass is 439 g/mol. The molecule has 4 rings (SSSR count). The van der Waals surface area contributed by atoms with Crippen LogP contribution in [0.3, 0.4) is 0 Å². The molecule has 32 heavy (non-hydrogen) atoms. The van der Waals surface area contributed by atoms with E-state index < -0.39 is 0 Å². The lowest BCUT2D eigenvalue weighted by molar-refractivity contribution is 0.0699. The van der Waals surface area contributed by atoms with Crippen LogP contribution in [0.4, 0.5) is 5.69 Å². The first-order valence-corrected chi connectivity index (χ1v) is 11.4. The highest BCUT2D eigenvalue weighted by Gasteiger charge is 2.25. The van der Waals surface area contributed by atoms with Crippen molar-refractivity contribution in [3.05, 3.63) is 53.6 Å². The number of fused-ring (bicyclic) bond motifs is 2. The van der Waals surface area contributed by atoms with Crippen molar-refractivity contribution in [2.45, 2.75) is 25.2 Å². The van der Waals surface area contributed by atoms with Gasteiger partial charge >= 0.3 is 0 Å². The second-order valence-electron chi connectivity index (χ2n) is 8.01. The average molecular weight is 440 g/mol. The summed E-state index contributed by atoms with van der Waals surface area (Å²) < 4.78 is 22.1. The lowest BCUT2D eigenvalue weighted by Crippen LogP contribution is -2.33. The number of nitrogens with zero attached hydrogens (tertiary/aromatic N) is 1. The Morgan fingerprint density at radius 3 is 2.81 bits per heavy atom. The summed E-state index contributed by atoms with van der Waals surface area (Å²) >= 11 is 0. The fourth-order valence-electron chi connectivity index (χ4n) is 3.87. The van der Waals surface area contributed by atoms with Crippen molar-refractivity contribution in [2.24, 2.45) is 4.99 Å². The predicted octanol–water partition coefficient (Wildman–Crippen LogP) is 3.60. The molecule has 1 atom stereocenters. The van der Waals surface area contributed by atoms with Crippen LogP contribution < -0.4 is 20.1 Å². The quantitative estimate of drug-likeness (QED) is 0.335. The highest BCUT2D eigenvalue weighted by Crippen LogP contribution is 2.35. The van der Waals surface area contributed by atoms with Crippen LogP contribution in [-0.2, 0) is 15.9 Å². The molecule has 0 fully saturated rings. The molecular formula is C25H33N3O4. The van der Waals surface area contributed by atoms with Crippen molar-refractivity contribution in [3.8, 4) is 11.5 Å². The van der Waals surface area contributed by atoms with E-state index in [4.69, 9.17) is 23.9 Å². The summed E-state index contributed by atoms with van der Waals surface area (Å²) in [4.78, 5) is 4.88. The van der Waals surface area contributed by atoms with Gasteiger partial charge in [-0.2, -0.15) is 0 Å². The Morgan fingerprint density at radius 1 is 1.06 bits per heavy atom. The number of anilines is 1. The van der Waals surface area contributed by atoms with Gasteiger partial charge in [0.15, 0.2) is 17.5 Å². The Bertz CT molecular complexity index is 903. The van der Waals surface area contributed by atoms with Gasteiger partial charge in [-0.05, 0) is 36.1 Å². The van der Waals surface area contributed by atoms with Crippen LogP contribution in [0.25, 0.3) is 0 Å². The largest absolute Gasteiger partial charge is 0.490 e. The Kier molecular flexibility index (Phi) is 8.23. The molecular weight excluding hydrogens is 406 g/mol. The number of rotatable bonds is 10. The summed E-state index contributed by atoms with van der Waals surface area (Å²) in [5.41, 5.74) is 3.77. The van der Waals surface area contributed by atoms with Gasteiger partial charge in [-0.1, -0.05) is 24.3 Å². The normalized spacial score (nSPS) is 17.2. The molecule has 0 spiro atoms. The lowest BCUT2D eigenvalue weighted by Gasteiger charge is -2.29. The van der Waals surface area contributed by atoms with Crippen molar-refractivity contribution in [1.82, 2.24) is 5.32 Å². The van der Waals surface area contributed by atoms with Crippen molar-refractivity contribution >= 4 is 11.6 Å². The van der Waals surface area contributed by atoms with Gasteiger partial charge in [0.25, 0.3) is 0 Å². The average Bonchev–Trinajstić information content (AvgIpc) is 3.04. The second kappa shape index (κ2) is 11.7. The second-order valence-corrected chi connectivity index (χ2v) is 8.01. The number of hydrogen-bond donors (Lipinski definition) is 2. The number of benzene rings is 2. The first-order chi connectivity index (χ1) is 15.8. The minimum atomic E-state index is 0.478. The molecule has 0 saturated carbocycles. The van der Waals surface area contributed by atoms with Gasteiger partial charge in [0, 0.05) is 50.9 Å². The smallest absolute Gasteiger partial charge is 0.195 e. The maximum absolute atomic E-state index is 5.83. The third-order valence-corrected chi connectivity index (χ3v) is 5.63. The van der Waals surface area contributed by atoms with Crippen molar-refractivity contribution in [1.29, 1.82) is 0 Å². The minimum Gasteiger partial charge on any atom is -0.490 e. The minimum absolute atomic E-state index is 0.478. The number of guanidine groups is 1. The topological polar surface area (TPSA) is 73.3 Å². The van der Waals surface area contributed by atoms with E-state index in [9.17, 15) is 0 Å². The van der Waals surface area contributed by atoms with E-state index in [1.165, 1.54) is 11.1 Å². The molecule has 2 N–H and O–H groups in total. The molecule has 2 aliphatic rings. The van der Waals surface area contributed by atoms with Crippen molar-refractivity contribution in [2.75, 3.05) is 58.6 Å². The van der Waals surface area contributed by atoms with E-state index in [0.717, 1.165) is 55.5 Å². The molecule has 0 bridgehead atoms. The van der Waals surface area contributed by atoms with Crippen LogP contribution in [0, 0.1) is 0 Å². The van der Waals surface area contributed by atoms with Gasteiger partial charge in [0.1, 0.15) is 0 Å². The molecule has 0 aromatic heterocycles. The van der Waals surface area contributed by atoms with Crippen LogP contribution in [0.1, 0.15) is 29.9 Å². The van der Waals surface area contributed by atoms with Gasteiger partial charge in [-0.25, -0.2) is 0 Å². The molecule has 1 unspecified atom stereocenters. The third-order valence-electron chi connectivity index (χ3n) is 5.63. The molecule has 7 heteroatoms. The van der Waals surface area contributed by atoms with Crippen LogP contribution >= 0.6 is 0 Å². The molecule has 2 aromatic rings. The predicted molar refractivity (Wildman–Crippen MR) is 126 cm³/mol. The molecule has 1 aliphatic heterocycles. The van der Waals surface area contributed by atoms with E-state index in [-0.39, 0.29) is 0 Å². The zero-order valence-electron chi connectivity index (χ0n) is 18.8. The van der Waals surface area contributed by atoms with Gasteiger partial charge in [-0.15, -0.1) is 0 Å². The first-order valence-electron chi connectivity index (χ1n) is 11.4. The summed E-state index contributed by atoms with van der Waals surface area (Å²) in [5, 5.41) is 6.87.